The molecule has 1 atom stereocenters. The second kappa shape index (κ2) is 8.19. The minimum atomic E-state index is -0.153. The van der Waals surface area contributed by atoms with E-state index in [0.717, 1.165) is 17.7 Å². The zero-order valence-corrected chi connectivity index (χ0v) is 16.2. The molecule has 0 bridgehead atoms. The van der Waals surface area contributed by atoms with E-state index in [-0.39, 0.29) is 17.9 Å². The average molecular weight is 381 g/mol. The fourth-order valence-electron chi connectivity index (χ4n) is 3.70. The van der Waals surface area contributed by atoms with Crippen LogP contribution < -0.4 is 10.6 Å². The number of nitrogens with zero attached hydrogens (tertiary/aromatic N) is 1. The van der Waals surface area contributed by atoms with Gasteiger partial charge in [0, 0.05) is 13.1 Å². The molecule has 2 N–H and O–H groups in total. The van der Waals surface area contributed by atoms with Crippen molar-refractivity contribution in [1.29, 1.82) is 0 Å². The largest absolute Gasteiger partial charge is 0.373 e. The molecule has 28 heavy (non-hydrogen) atoms. The van der Waals surface area contributed by atoms with Crippen molar-refractivity contribution in [3.63, 3.8) is 0 Å². The molecule has 1 aliphatic carbocycles. The topological polar surface area (TPSA) is 72.4 Å². The molecular weight excluding hydrogens is 354 g/mol. The highest BCUT2D eigenvalue weighted by molar-refractivity contribution is 6.00. The molecule has 148 valence electrons. The second-order valence-corrected chi connectivity index (χ2v) is 7.59. The van der Waals surface area contributed by atoms with Crippen molar-refractivity contribution in [3.8, 4) is 0 Å². The van der Waals surface area contributed by atoms with Crippen molar-refractivity contribution >= 4 is 11.8 Å². The van der Waals surface area contributed by atoms with Gasteiger partial charge in [0.15, 0.2) is 0 Å². The zero-order chi connectivity index (χ0) is 19.5. The van der Waals surface area contributed by atoms with Crippen LogP contribution in [0.4, 0.5) is 0 Å². The summed E-state index contributed by atoms with van der Waals surface area (Å²) in [5, 5.41) is 6.13. The van der Waals surface area contributed by atoms with Crippen LogP contribution in [-0.2, 0) is 17.9 Å². The maximum Gasteiger partial charge on any atom is 0.268 e. The summed E-state index contributed by atoms with van der Waals surface area (Å²) in [4.78, 5) is 25.7. The standard InChI is InChI=1S/C22H27N3O3/c1-2-18(16-6-4-3-5-7-16)24-22(27)19-12-17(20-14-28-11-10-25(19)20)21(26)23-13-15-8-9-15/h3-7,12,15,18H,2,8-11,13-14H2,1H3,(H,23,26)(H,24,27)/t18-/m0/s1. The van der Waals surface area contributed by atoms with E-state index in [9.17, 15) is 9.59 Å². The van der Waals surface area contributed by atoms with E-state index in [4.69, 9.17) is 4.74 Å². The van der Waals surface area contributed by atoms with Crippen LogP contribution in [0.2, 0.25) is 0 Å². The number of rotatable bonds is 7. The predicted octanol–water partition coefficient (Wildman–Crippen LogP) is 3.04. The fourth-order valence-corrected chi connectivity index (χ4v) is 3.70. The number of amides is 2. The lowest BCUT2D eigenvalue weighted by Gasteiger charge is -2.21. The van der Waals surface area contributed by atoms with Gasteiger partial charge in [-0.15, -0.1) is 0 Å². The number of hydrogen-bond acceptors (Lipinski definition) is 3. The third-order valence-corrected chi connectivity index (χ3v) is 5.55. The summed E-state index contributed by atoms with van der Waals surface area (Å²) in [7, 11) is 0. The quantitative estimate of drug-likeness (QED) is 0.774. The summed E-state index contributed by atoms with van der Waals surface area (Å²) in [6.45, 7) is 4.24. The summed E-state index contributed by atoms with van der Waals surface area (Å²) >= 11 is 0. The van der Waals surface area contributed by atoms with E-state index in [0.29, 0.717) is 43.5 Å². The molecule has 2 heterocycles. The highest BCUT2D eigenvalue weighted by atomic mass is 16.5. The van der Waals surface area contributed by atoms with E-state index >= 15 is 0 Å². The predicted molar refractivity (Wildman–Crippen MR) is 106 cm³/mol. The molecule has 4 rings (SSSR count). The fraction of sp³-hybridized carbons (Fsp3) is 0.455. The van der Waals surface area contributed by atoms with Crippen LogP contribution in [0.25, 0.3) is 0 Å². The van der Waals surface area contributed by atoms with Crippen LogP contribution in [0.3, 0.4) is 0 Å². The molecule has 2 amide bonds. The SMILES string of the molecule is CC[C@H](NC(=O)c1cc(C(=O)NCC2CC2)c2n1CCOC2)c1ccccc1. The molecule has 0 unspecified atom stereocenters. The summed E-state index contributed by atoms with van der Waals surface area (Å²) in [5.74, 6) is 0.341. The molecule has 1 fully saturated rings. The van der Waals surface area contributed by atoms with Gasteiger partial charge in [0.2, 0.25) is 0 Å². The third-order valence-electron chi connectivity index (χ3n) is 5.55. The normalized spacial score (nSPS) is 16.9. The third kappa shape index (κ3) is 3.97. The number of nitrogens with one attached hydrogen (secondary N) is 2. The number of aromatic nitrogens is 1. The molecule has 2 aromatic rings. The average Bonchev–Trinajstić information content (AvgIpc) is 3.49. The summed E-state index contributed by atoms with van der Waals surface area (Å²) in [5.41, 5.74) is 2.95. The molecule has 1 saturated carbocycles. The Labute approximate surface area is 165 Å². The first-order chi connectivity index (χ1) is 13.7. The van der Waals surface area contributed by atoms with Gasteiger partial charge in [-0.2, -0.15) is 0 Å². The first kappa shape index (κ1) is 18.7. The molecule has 6 heteroatoms. The summed E-state index contributed by atoms with van der Waals surface area (Å²) in [6.07, 6.45) is 3.16. The van der Waals surface area contributed by atoms with Gasteiger partial charge in [-0.05, 0) is 36.8 Å². The lowest BCUT2D eigenvalue weighted by atomic mass is 10.0. The van der Waals surface area contributed by atoms with Crippen molar-refractivity contribution in [1.82, 2.24) is 15.2 Å². The molecule has 1 aromatic heterocycles. The molecule has 0 radical (unpaired) electrons. The maximum absolute atomic E-state index is 13.1. The van der Waals surface area contributed by atoms with Gasteiger partial charge in [-0.25, -0.2) is 0 Å². The Kier molecular flexibility index (Phi) is 5.48. The van der Waals surface area contributed by atoms with Gasteiger partial charge >= 0.3 is 0 Å². The van der Waals surface area contributed by atoms with Crippen LogP contribution in [0.15, 0.2) is 36.4 Å². The number of fused-ring (bicyclic) bond motifs is 1. The highest BCUT2D eigenvalue weighted by Gasteiger charge is 2.28. The lowest BCUT2D eigenvalue weighted by Crippen LogP contribution is -2.31. The Morgan fingerprint density at radius 3 is 2.71 bits per heavy atom. The first-order valence-corrected chi connectivity index (χ1v) is 10.1. The molecule has 1 aromatic carbocycles. The lowest BCUT2D eigenvalue weighted by molar-refractivity contribution is 0.0775. The van der Waals surface area contributed by atoms with Crippen LogP contribution in [-0.4, -0.2) is 29.5 Å². The number of carbonyl (C=O) groups is 2. The van der Waals surface area contributed by atoms with Gasteiger partial charge in [0.1, 0.15) is 5.69 Å². The molecular formula is C22H27N3O3. The van der Waals surface area contributed by atoms with Crippen LogP contribution in [0.1, 0.15) is 64.3 Å². The van der Waals surface area contributed by atoms with Gasteiger partial charge < -0.3 is 19.9 Å². The minimum Gasteiger partial charge on any atom is -0.373 e. The Hall–Kier alpha value is -2.60. The Bertz CT molecular complexity index is 855. The number of ether oxygens (including phenoxy) is 1. The Morgan fingerprint density at radius 2 is 2.00 bits per heavy atom. The van der Waals surface area contributed by atoms with Gasteiger partial charge in [-0.3, -0.25) is 9.59 Å². The van der Waals surface area contributed by atoms with E-state index in [1.807, 2.05) is 34.9 Å². The van der Waals surface area contributed by atoms with E-state index < -0.39 is 0 Å². The van der Waals surface area contributed by atoms with Crippen molar-refractivity contribution in [3.05, 3.63) is 58.9 Å². The summed E-state index contributed by atoms with van der Waals surface area (Å²) < 4.78 is 7.49. The van der Waals surface area contributed by atoms with Crippen molar-refractivity contribution in [2.24, 2.45) is 5.92 Å². The first-order valence-electron chi connectivity index (χ1n) is 10.1. The number of carbonyl (C=O) groups excluding carboxylic acids is 2. The Morgan fingerprint density at radius 1 is 1.21 bits per heavy atom. The molecule has 6 nitrogen and oxygen atoms in total. The van der Waals surface area contributed by atoms with Crippen LogP contribution >= 0.6 is 0 Å². The minimum absolute atomic E-state index is 0.0631. The monoisotopic (exact) mass is 381 g/mol. The number of hydrogen-bond donors (Lipinski definition) is 2. The van der Waals surface area contributed by atoms with Gasteiger partial charge in [0.25, 0.3) is 11.8 Å². The highest BCUT2D eigenvalue weighted by Crippen LogP contribution is 2.28. The molecule has 2 aliphatic rings. The Balaban J connectivity index is 1.56. The van der Waals surface area contributed by atoms with Gasteiger partial charge in [0.05, 0.1) is 30.5 Å². The maximum atomic E-state index is 13.1. The van der Waals surface area contributed by atoms with Crippen LogP contribution in [0, 0.1) is 5.92 Å². The van der Waals surface area contributed by atoms with Crippen molar-refractivity contribution in [2.75, 3.05) is 13.2 Å². The molecule has 0 spiro atoms. The van der Waals surface area contributed by atoms with E-state index in [1.165, 1.54) is 12.8 Å². The van der Waals surface area contributed by atoms with E-state index in [2.05, 4.69) is 17.6 Å². The van der Waals surface area contributed by atoms with Crippen LogP contribution in [0.5, 0.6) is 0 Å². The van der Waals surface area contributed by atoms with Crippen molar-refractivity contribution in [2.45, 2.75) is 45.4 Å². The molecule has 0 saturated heterocycles. The van der Waals surface area contributed by atoms with Crippen molar-refractivity contribution < 1.29 is 14.3 Å². The second-order valence-electron chi connectivity index (χ2n) is 7.59. The zero-order valence-electron chi connectivity index (χ0n) is 16.2. The van der Waals surface area contributed by atoms with E-state index in [1.54, 1.807) is 6.07 Å². The smallest absolute Gasteiger partial charge is 0.268 e. The summed E-state index contributed by atoms with van der Waals surface area (Å²) in [6, 6.07) is 11.6. The number of benzene rings is 1. The van der Waals surface area contributed by atoms with Gasteiger partial charge in [-0.1, -0.05) is 37.3 Å². The molecule has 1 aliphatic heterocycles.